The first-order chi connectivity index (χ1) is 16.0. The van der Waals surface area contributed by atoms with Crippen LogP contribution in [0.3, 0.4) is 0 Å². The summed E-state index contributed by atoms with van der Waals surface area (Å²) in [6, 6.07) is 15.1. The van der Waals surface area contributed by atoms with Crippen molar-refractivity contribution in [1.82, 2.24) is 19.9 Å². The SMILES string of the molecule is Fc1cc(-c2cc3cc4nc(cc5ccc(cc6nc(cc2[nH]3)C=C6)[nH]5)C=C4)cc(F)c1F.[Cl-].[Cl-].[Mn+2]. The zero-order valence-corrected chi connectivity index (χ0v) is 20.9. The topological polar surface area (TPSA) is 57.4 Å². The number of fused-ring (bicyclic) bond motifs is 8. The second-order valence-electron chi connectivity index (χ2n) is 7.84. The second-order valence-corrected chi connectivity index (χ2v) is 7.84. The molecule has 4 aromatic rings. The quantitative estimate of drug-likeness (QED) is 0.228. The number of aromatic amines is 2. The van der Waals surface area contributed by atoms with Crippen molar-refractivity contribution in [3.8, 4) is 11.1 Å². The van der Waals surface area contributed by atoms with E-state index in [1.54, 1.807) is 12.1 Å². The van der Waals surface area contributed by atoms with Gasteiger partial charge in [-0.25, -0.2) is 23.1 Å². The van der Waals surface area contributed by atoms with Crippen LogP contribution in [0, 0.1) is 17.5 Å². The predicted octanol–water partition coefficient (Wildman–Crippen LogP) is 0.745. The molecular weight excluding hydrogens is 551 g/mol. The van der Waals surface area contributed by atoms with Crippen molar-refractivity contribution in [3.63, 3.8) is 0 Å². The molecule has 3 aromatic heterocycles. The molecule has 4 nitrogen and oxygen atoms in total. The van der Waals surface area contributed by atoms with E-state index in [4.69, 9.17) is 0 Å². The Labute approximate surface area is 226 Å². The van der Waals surface area contributed by atoms with Gasteiger partial charge in [0, 0.05) is 27.6 Å². The molecule has 0 saturated carbocycles. The molecule has 2 N–H and O–H groups in total. The van der Waals surface area contributed by atoms with E-state index in [2.05, 4.69) is 19.9 Å². The molecule has 2 aliphatic rings. The van der Waals surface area contributed by atoms with Crippen LogP contribution in [0.1, 0.15) is 22.8 Å². The van der Waals surface area contributed by atoms with Crippen molar-refractivity contribution in [3.05, 3.63) is 94.8 Å². The smallest absolute Gasteiger partial charge is 1.00 e. The molecule has 36 heavy (non-hydrogen) atoms. The summed E-state index contributed by atoms with van der Waals surface area (Å²) in [6.07, 6.45) is 7.52. The summed E-state index contributed by atoms with van der Waals surface area (Å²) >= 11 is 0. The van der Waals surface area contributed by atoms with Crippen LogP contribution in [0.25, 0.3) is 57.5 Å². The van der Waals surface area contributed by atoms with Gasteiger partial charge in [0.05, 0.1) is 22.8 Å². The van der Waals surface area contributed by atoms with Gasteiger partial charge in [0.1, 0.15) is 0 Å². The van der Waals surface area contributed by atoms with Crippen molar-refractivity contribution in [2.24, 2.45) is 0 Å². The average Bonchev–Trinajstić information content (AvgIpc) is 3.56. The van der Waals surface area contributed by atoms with Crippen molar-refractivity contribution in [2.75, 3.05) is 0 Å². The Hall–Kier alpha value is -3.29. The normalized spacial score (nSPS) is 11.4. The summed E-state index contributed by atoms with van der Waals surface area (Å²) in [7, 11) is 0. The number of benzene rings is 1. The number of hydrogen-bond acceptors (Lipinski definition) is 2. The maximum absolute atomic E-state index is 14.0. The first-order valence-corrected chi connectivity index (χ1v) is 10.2. The van der Waals surface area contributed by atoms with Gasteiger partial charge in [-0.15, -0.1) is 0 Å². The Kier molecular flexibility index (Phi) is 8.16. The Bertz CT molecular complexity index is 1650. The standard InChI is InChI=1S/C26H15F3N4.2ClH.Mn/c27-23-7-14(8-24(28)26(23)29)22-12-21-11-19-4-3-17(31-19)9-15-1-2-16(30-15)10-18-5-6-20(32-18)13-25(22)33-21;;;/h1-13,30,33H;2*1H;/q;;;+2/p-2. The maximum atomic E-state index is 14.0. The maximum Gasteiger partial charge on any atom is 2.00 e. The molecule has 1 aromatic carbocycles. The number of rotatable bonds is 1. The van der Waals surface area contributed by atoms with E-state index in [1.807, 2.05) is 54.6 Å². The zero-order valence-electron chi connectivity index (χ0n) is 18.2. The number of H-pyrrole nitrogens is 2. The van der Waals surface area contributed by atoms with Crippen LogP contribution in [-0.4, -0.2) is 19.9 Å². The van der Waals surface area contributed by atoms with Gasteiger partial charge < -0.3 is 34.8 Å². The Morgan fingerprint density at radius 3 is 1.56 bits per heavy atom. The summed E-state index contributed by atoms with van der Waals surface area (Å²) in [5.74, 6) is -3.98. The van der Waals surface area contributed by atoms with Gasteiger partial charge in [0.15, 0.2) is 17.5 Å². The van der Waals surface area contributed by atoms with E-state index in [0.717, 1.165) is 40.2 Å². The van der Waals surface area contributed by atoms with E-state index in [-0.39, 0.29) is 47.4 Å². The molecule has 0 aliphatic carbocycles. The van der Waals surface area contributed by atoms with E-state index in [9.17, 15) is 13.2 Å². The molecule has 0 fully saturated rings. The fraction of sp³-hybridized carbons (Fsp3) is 0. The number of hydrogen-bond donors (Lipinski definition) is 2. The molecule has 0 unspecified atom stereocenters. The van der Waals surface area contributed by atoms with Gasteiger partial charge >= 0.3 is 17.1 Å². The summed E-state index contributed by atoms with van der Waals surface area (Å²) in [6.45, 7) is 0. The van der Waals surface area contributed by atoms with Gasteiger partial charge in [0.25, 0.3) is 0 Å². The molecule has 0 spiro atoms. The van der Waals surface area contributed by atoms with Crippen molar-refractivity contribution in [2.45, 2.75) is 0 Å². The van der Waals surface area contributed by atoms with Crippen LogP contribution in [0.4, 0.5) is 13.2 Å². The molecule has 1 radical (unpaired) electrons. The second kappa shape index (κ2) is 10.8. The Morgan fingerprint density at radius 2 is 1.03 bits per heavy atom. The van der Waals surface area contributed by atoms with Gasteiger partial charge in [-0.2, -0.15) is 0 Å². The van der Waals surface area contributed by atoms with Crippen LogP contribution in [0.15, 0.2) is 54.6 Å². The summed E-state index contributed by atoms with van der Waals surface area (Å²) in [4.78, 5) is 15.8. The van der Waals surface area contributed by atoms with Crippen LogP contribution >= 0.6 is 0 Å². The number of halogens is 5. The van der Waals surface area contributed by atoms with E-state index in [1.165, 1.54) is 0 Å². The van der Waals surface area contributed by atoms with Gasteiger partial charge in [-0.05, 0) is 84.5 Å². The third-order valence-electron chi connectivity index (χ3n) is 5.46. The summed E-state index contributed by atoms with van der Waals surface area (Å²) in [5, 5.41) is 0. The summed E-state index contributed by atoms with van der Waals surface area (Å²) in [5.41, 5.74) is 6.75. The molecule has 0 amide bonds. The molecule has 0 atom stereocenters. The number of nitrogens with zero attached hydrogens (tertiary/aromatic N) is 2. The Balaban J connectivity index is 0.00000120. The molecule has 5 heterocycles. The fourth-order valence-corrected chi connectivity index (χ4v) is 3.97. The molecule has 10 heteroatoms. The first-order valence-electron chi connectivity index (χ1n) is 10.2. The first kappa shape index (κ1) is 27.3. The average molecular weight is 566 g/mol. The fourth-order valence-electron chi connectivity index (χ4n) is 3.97. The molecule has 0 saturated heterocycles. The van der Waals surface area contributed by atoms with Crippen LogP contribution < -0.4 is 24.8 Å². The monoisotopic (exact) mass is 565 g/mol. The molecule has 8 bridgehead atoms. The molecule has 6 rings (SSSR count). The van der Waals surface area contributed by atoms with Crippen molar-refractivity contribution < 1.29 is 55.1 Å². The molecule has 2 aliphatic heterocycles. The number of aromatic nitrogens is 4. The zero-order chi connectivity index (χ0) is 22.5. The van der Waals surface area contributed by atoms with Gasteiger partial charge in [-0.1, -0.05) is 0 Å². The summed E-state index contributed by atoms with van der Waals surface area (Å²) < 4.78 is 41.5. The third kappa shape index (κ3) is 5.27. The van der Waals surface area contributed by atoms with Crippen LogP contribution in [0.2, 0.25) is 0 Å². The largest absolute Gasteiger partial charge is 2.00 e. The minimum absolute atomic E-state index is 0. The van der Waals surface area contributed by atoms with Crippen LogP contribution in [-0.2, 0) is 17.1 Å². The van der Waals surface area contributed by atoms with Gasteiger partial charge in [0.2, 0.25) is 0 Å². The van der Waals surface area contributed by atoms with Crippen molar-refractivity contribution in [1.29, 1.82) is 0 Å². The minimum atomic E-state index is -1.49. The third-order valence-corrected chi connectivity index (χ3v) is 5.46. The van der Waals surface area contributed by atoms with Crippen LogP contribution in [0.5, 0.6) is 0 Å². The van der Waals surface area contributed by atoms with Gasteiger partial charge in [-0.3, -0.25) is 0 Å². The molecular formula is C26H15Cl2F3MnN4. The van der Waals surface area contributed by atoms with Crippen molar-refractivity contribution >= 4 is 46.4 Å². The number of nitrogens with one attached hydrogen (secondary N) is 2. The van der Waals surface area contributed by atoms with E-state index in [0.29, 0.717) is 22.3 Å². The molecule has 181 valence electrons. The predicted molar refractivity (Wildman–Crippen MR) is 124 cm³/mol. The van der Waals surface area contributed by atoms with E-state index >= 15 is 0 Å². The minimum Gasteiger partial charge on any atom is -1.00 e. The van der Waals surface area contributed by atoms with E-state index < -0.39 is 17.5 Å². The Morgan fingerprint density at radius 1 is 0.556 bits per heavy atom.